The number of carbonyl (C=O) groups excluding carboxylic acids is 1. The number of carboxylic acids is 1. The normalized spacial score (nSPS) is 11.9. The standard InChI is InChI=1S/C11H22N2O3S/c1-3-6-9(10(14)15)13-11(16)12-7-5-8-17-4-2/h9H,3-8H2,1-2H3,(H,14,15)(H2,12,13,16). The van der Waals surface area contributed by atoms with Crippen LogP contribution in [0.1, 0.15) is 33.1 Å². The van der Waals surface area contributed by atoms with Crippen LogP contribution < -0.4 is 10.6 Å². The molecule has 1 atom stereocenters. The maximum atomic E-state index is 11.4. The molecule has 0 aliphatic rings. The molecule has 6 heteroatoms. The lowest BCUT2D eigenvalue weighted by atomic mass is 10.2. The fourth-order valence-electron chi connectivity index (χ4n) is 1.28. The highest BCUT2D eigenvalue weighted by molar-refractivity contribution is 7.99. The summed E-state index contributed by atoms with van der Waals surface area (Å²) in [4.78, 5) is 22.2. The second kappa shape index (κ2) is 10.3. The highest BCUT2D eigenvalue weighted by atomic mass is 32.2. The van der Waals surface area contributed by atoms with Crippen molar-refractivity contribution in [2.24, 2.45) is 0 Å². The van der Waals surface area contributed by atoms with Crippen molar-refractivity contribution in [2.75, 3.05) is 18.1 Å². The average molecular weight is 262 g/mol. The summed E-state index contributed by atoms with van der Waals surface area (Å²) in [5.41, 5.74) is 0. The summed E-state index contributed by atoms with van der Waals surface area (Å²) < 4.78 is 0. The van der Waals surface area contributed by atoms with Gasteiger partial charge in [0.25, 0.3) is 0 Å². The molecule has 0 aromatic rings. The molecule has 0 aromatic heterocycles. The number of carbonyl (C=O) groups is 2. The predicted octanol–water partition coefficient (Wildman–Crippen LogP) is 1.68. The Bertz CT molecular complexity index is 237. The number of hydrogen-bond donors (Lipinski definition) is 3. The van der Waals surface area contributed by atoms with Gasteiger partial charge in [-0.05, 0) is 24.3 Å². The molecule has 0 fully saturated rings. The van der Waals surface area contributed by atoms with Gasteiger partial charge < -0.3 is 15.7 Å². The van der Waals surface area contributed by atoms with Crippen molar-refractivity contribution in [3.05, 3.63) is 0 Å². The van der Waals surface area contributed by atoms with Crippen LogP contribution in [-0.2, 0) is 4.79 Å². The summed E-state index contributed by atoms with van der Waals surface area (Å²) in [7, 11) is 0. The highest BCUT2D eigenvalue weighted by Crippen LogP contribution is 1.99. The first kappa shape index (κ1) is 16.1. The van der Waals surface area contributed by atoms with Gasteiger partial charge in [-0.2, -0.15) is 11.8 Å². The van der Waals surface area contributed by atoms with E-state index >= 15 is 0 Å². The summed E-state index contributed by atoms with van der Waals surface area (Å²) in [5.74, 6) is 1.10. The van der Waals surface area contributed by atoms with Gasteiger partial charge >= 0.3 is 12.0 Å². The molecule has 0 radical (unpaired) electrons. The number of hydrogen-bond acceptors (Lipinski definition) is 3. The van der Waals surface area contributed by atoms with Gasteiger partial charge in [0.15, 0.2) is 0 Å². The molecule has 0 aliphatic heterocycles. The van der Waals surface area contributed by atoms with Crippen molar-refractivity contribution in [3.63, 3.8) is 0 Å². The lowest BCUT2D eigenvalue weighted by molar-refractivity contribution is -0.139. The lowest BCUT2D eigenvalue weighted by Crippen LogP contribution is -2.46. The number of nitrogens with one attached hydrogen (secondary N) is 2. The summed E-state index contributed by atoms with van der Waals surface area (Å²) in [6.45, 7) is 4.56. The first-order valence-electron chi connectivity index (χ1n) is 5.96. The van der Waals surface area contributed by atoms with Crippen molar-refractivity contribution < 1.29 is 14.7 Å². The minimum absolute atomic E-state index is 0.396. The Kier molecular flexibility index (Phi) is 9.71. The predicted molar refractivity (Wildman–Crippen MR) is 70.5 cm³/mol. The van der Waals surface area contributed by atoms with E-state index in [2.05, 4.69) is 17.6 Å². The van der Waals surface area contributed by atoms with Crippen molar-refractivity contribution in [2.45, 2.75) is 39.2 Å². The molecule has 2 amide bonds. The molecule has 17 heavy (non-hydrogen) atoms. The first-order valence-corrected chi connectivity index (χ1v) is 7.12. The molecule has 0 saturated carbocycles. The second-order valence-corrected chi connectivity index (χ2v) is 5.02. The van der Waals surface area contributed by atoms with E-state index in [-0.39, 0.29) is 0 Å². The Morgan fingerprint density at radius 1 is 1.35 bits per heavy atom. The van der Waals surface area contributed by atoms with Crippen LogP contribution in [-0.4, -0.2) is 41.2 Å². The SMILES string of the molecule is CCCC(NC(=O)NCCCSCC)C(=O)O. The monoisotopic (exact) mass is 262 g/mol. The van der Waals surface area contributed by atoms with Crippen molar-refractivity contribution in [1.29, 1.82) is 0 Å². The highest BCUT2D eigenvalue weighted by Gasteiger charge is 2.17. The molecular weight excluding hydrogens is 240 g/mol. The number of urea groups is 1. The van der Waals surface area contributed by atoms with Crippen LogP contribution in [0, 0.1) is 0 Å². The summed E-state index contributed by atoms with van der Waals surface area (Å²) in [5, 5.41) is 14.0. The molecule has 1 unspecified atom stereocenters. The average Bonchev–Trinajstić information content (AvgIpc) is 2.28. The fourth-order valence-corrected chi connectivity index (χ4v) is 1.91. The zero-order valence-electron chi connectivity index (χ0n) is 10.5. The van der Waals surface area contributed by atoms with Gasteiger partial charge in [0.05, 0.1) is 0 Å². The zero-order chi connectivity index (χ0) is 13.1. The third kappa shape index (κ3) is 8.85. The fraction of sp³-hybridized carbons (Fsp3) is 0.818. The van der Waals surface area contributed by atoms with E-state index in [1.807, 2.05) is 18.7 Å². The molecule has 3 N–H and O–H groups in total. The van der Waals surface area contributed by atoms with Crippen LogP contribution in [0.3, 0.4) is 0 Å². The molecule has 0 heterocycles. The molecule has 5 nitrogen and oxygen atoms in total. The van der Waals surface area contributed by atoms with Crippen LogP contribution in [0.2, 0.25) is 0 Å². The largest absolute Gasteiger partial charge is 0.480 e. The maximum absolute atomic E-state index is 11.4. The smallest absolute Gasteiger partial charge is 0.326 e. The van der Waals surface area contributed by atoms with Crippen LogP contribution in [0.25, 0.3) is 0 Å². The summed E-state index contributed by atoms with van der Waals surface area (Å²) >= 11 is 1.82. The molecule has 0 aromatic carbocycles. The van der Waals surface area contributed by atoms with Crippen LogP contribution in [0.5, 0.6) is 0 Å². The molecule has 0 bridgehead atoms. The molecule has 0 aliphatic carbocycles. The summed E-state index contributed by atoms with van der Waals surface area (Å²) in [6, 6.07) is -1.18. The van der Waals surface area contributed by atoms with Gasteiger partial charge in [-0.25, -0.2) is 9.59 Å². The minimum atomic E-state index is -0.983. The van der Waals surface area contributed by atoms with E-state index in [9.17, 15) is 9.59 Å². The van der Waals surface area contributed by atoms with E-state index in [0.717, 1.165) is 24.3 Å². The van der Waals surface area contributed by atoms with Gasteiger partial charge in [0.1, 0.15) is 6.04 Å². The Morgan fingerprint density at radius 2 is 2.06 bits per heavy atom. The first-order chi connectivity index (χ1) is 8.11. The minimum Gasteiger partial charge on any atom is -0.480 e. The zero-order valence-corrected chi connectivity index (χ0v) is 11.3. The topological polar surface area (TPSA) is 78.4 Å². The number of rotatable bonds is 9. The van der Waals surface area contributed by atoms with Crippen LogP contribution in [0.4, 0.5) is 4.79 Å². The number of aliphatic carboxylic acids is 1. The number of thioether (sulfide) groups is 1. The molecule has 100 valence electrons. The number of carboxylic acid groups (broad SMARTS) is 1. The quantitative estimate of drug-likeness (QED) is 0.552. The van der Waals surface area contributed by atoms with Crippen molar-refractivity contribution in [3.8, 4) is 0 Å². The van der Waals surface area contributed by atoms with Crippen molar-refractivity contribution >= 4 is 23.8 Å². The van der Waals surface area contributed by atoms with E-state index < -0.39 is 18.0 Å². The maximum Gasteiger partial charge on any atom is 0.326 e. The number of amides is 2. The lowest BCUT2D eigenvalue weighted by Gasteiger charge is -2.14. The van der Waals surface area contributed by atoms with E-state index in [0.29, 0.717) is 13.0 Å². The Balaban J connectivity index is 3.71. The molecule has 0 saturated heterocycles. The Labute approximate surface area is 107 Å². The van der Waals surface area contributed by atoms with Gasteiger partial charge in [0, 0.05) is 6.54 Å². The third-order valence-corrected chi connectivity index (χ3v) is 3.12. The second-order valence-electron chi connectivity index (χ2n) is 3.63. The van der Waals surface area contributed by atoms with Crippen molar-refractivity contribution in [1.82, 2.24) is 10.6 Å². The van der Waals surface area contributed by atoms with Crippen LogP contribution in [0.15, 0.2) is 0 Å². The Hall–Kier alpha value is -0.910. The van der Waals surface area contributed by atoms with Crippen LogP contribution >= 0.6 is 11.8 Å². The van der Waals surface area contributed by atoms with E-state index in [1.165, 1.54) is 0 Å². The van der Waals surface area contributed by atoms with E-state index in [4.69, 9.17) is 5.11 Å². The molecule has 0 spiro atoms. The van der Waals surface area contributed by atoms with Gasteiger partial charge in [-0.1, -0.05) is 20.3 Å². The Morgan fingerprint density at radius 3 is 2.59 bits per heavy atom. The molecule has 0 rings (SSSR count). The molecular formula is C11H22N2O3S. The van der Waals surface area contributed by atoms with E-state index in [1.54, 1.807) is 0 Å². The van der Waals surface area contributed by atoms with Gasteiger partial charge in [-0.15, -0.1) is 0 Å². The van der Waals surface area contributed by atoms with Gasteiger partial charge in [-0.3, -0.25) is 0 Å². The summed E-state index contributed by atoms with van der Waals surface area (Å²) in [6.07, 6.45) is 2.08. The van der Waals surface area contributed by atoms with Gasteiger partial charge in [0.2, 0.25) is 0 Å². The third-order valence-electron chi connectivity index (χ3n) is 2.14.